The average molecular weight is 275 g/mol. The maximum atomic E-state index is 8.84. The van der Waals surface area contributed by atoms with Crippen molar-refractivity contribution >= 4 is 11.6 Å². The lowest BCUT2D eigenvalue weighted by Gasteiger charge is -2.08. The van der Waals surface area contributed by atoms with E-state index < -0.39 is 0 Å². The van der Waals surface area contributed by atoms with Gasteiger partial charge in [-0.05, 0) is 24.6 Å². The third-order valence-corrected chi connectivity index (χ3v) is 3.28. The molecule has 0 aliphatic carbocycles. The molecule has 1 heterocycles. The highest BCUT2D eigenvalue weighted by molar-refractivity contribution is 6.32. The monoisotopic (exact) mass is 274 g/mol. The summed E-state index contributed by atoms with van der Waals surface area (Å²) >= 11 is 6.02. The maximum Gasteiger partial charge on any atom is 0.101 e. The molecule has 98 valence electrons. The molecule has 5 heteroatoms. The van der Waals surface area contributed by atoms with Gasteiger partial charge in [-0.15, -0.1) is 0 Å². The summed E-state index contributed by atoms with van der Waals surface area (Å²) in [6.45, 7) is 2.75. The van der Waals surface area contributed by atoms with Gasteiger partial charge in [0, 0.05) is 17.8 Å². The fourth-order valence-electron chi connectivity index (χ4n) is 1.75. The Morgan fingerprint density at radius 3 is 2.89 bits per heavy atom. The van der Waals surface area contributed by atoms with Crippen LogP contribution in [-0.4, -0.2) is 15.8 Å². The Bertz CT molecular complexity index is 612. The average Bonchev–Trinajstić information content (AvgIpc) is 2.87. The molecule has 0 saturated carbocycles. The minimum absolute atomic E-state index is 0.109. The van der Waals surface area contributed by atoms with Gasteiger partial charge in [0.25, 0.3) is 0 Å². The lowest BCUT2D eigenvalue weighted by Crippen LogP contribution is -2.25. The second-order valence-electron chi connectivity index (χ2n) is 4.40. The first-order chi connectivity index (χ1) is 9.13. The first kappa shape index (κ1) is 13.6. The minimum Gasteiger partial charge on any atom is -0.326 e. The van der Waals surface area contributed by atoms with Gasteiger partial charge in [0.05, 0.1) is 22.8 Å². The molecule has 0 fully saturated rings. The van der Waals surface area contributed by atoms with Crippen molar-refractivity contribution in [2.45, 2.75) is 25.9 Å². The van der Waals surface area contributed by atoms with Crippen LogP contribution in [0.4, 0.5) is 0 Å². The van der Waals surface area contributed by atoms with Crippen LogP contribution in [0.1, 0.15) is 18.9 Å². The molecule has 1 atom stereocenters. The molecule has 0 saturated heterocycles. The molecular weight excluding hydrogens is 260 g/mol. The van der Waals surface area contributed by atoms with Gasteiger partial charge in [-0.25, -0.2) is 0 Å². The van der Waals surface area contributed by atoms with Crippen LogP contribution in [0.3, 0.4) is 0 Å². The highest BCUT2D eigenvalue weighted by Crippen LogP contribution is 2.24. The van der Waals surface area contributed by atoms with Gasteiger partial charge in [-0.2, -0.15) is 10.4 Å². The topological polar surface area (TPSA) is 67.6 Å². The number of aromatic nitrogens is 2. The summed E-state index contributed by atoms with van der Waals surface area (Å²) in [4.78, 5) is 0. The highest BCUT2D eigenvalue weighted by atomic mass is 35.5. The van der Waals surface area contributed by atoms with Crippen LogP contribution < -0.4 is 5.73 Å². The van der Waals surface area contributed by atoms with Gasteiger partial charge in [-0.3, -0.25) is 4.68 Å². The van der Waals surface area contributed by atoms with Crippen molar-refractivity contribution in [1.82, 2.24) is 9.78 Å². The second-order valence-corrected chi connectivity index (χ2v) is 4.80. The molecule has 2 N–H and O–H groups in total. The van der Waals surface area contributed by atoms with E-state index in [0.717, 1.165) is 17.7 Å². The number of hydrogen-bond donors (Lipinski definition) is 1. The summed E-state index contributed by atoms with van der Waals surface area (Å²) in [5.41, 5.74) is 8.09. The zero-order valence-electron chi connectivity index (χ0n) is 10.7. The number of rotatable bonds is 4. The van der Waals surface area contributed by atoms with Crippen molar-refractivity contribution in [2.24, 2.45) is 5.73 Å². The van der Waals surface area contributed by atoms with E-state index in [9.17, 15) is 0 Å². The Balaban J connectivity index is 2.23. The number of nitrogens with two attached hydrogens (primary N) is 1. The van der Waals surface area contributed by atoms with Crippen LogP contribution in [0, 0.1) is 11.3 Å². The maximum absolute atomic E-state index is 8.84. The van der Waals surface area contributed by atoms with Crippen molar-refractivity contribution in [1.29, 1.82) is 5.26 Å². The van der Waals surface area contributed by atoms with Crippen LogP contribution in [0.5, 0.6) is 0 Å². The molecule has 0 radical (unpaired) electrons. The number of nitriles is 1. The Hall–Kier alpha value is -1.83. The number of nitrogens with zero attached hydrogens (tertiary/aromatic N) is 3. The number of hydrogen-bond acceptors (Lipinski definition) is 3. The molecule has 0 aliphatic rings. The standard InChI is InChI=1S/C14H15ClN4/c1-2-12(17)9-19-6-5-14(18-19)10-3-4-11(8-16)13(15)7-10/h3-7,12H,2,9,17H2,1H3. The van der Waals surface area contributed by atoms with Gasteiger partial charge in [0.15, 0.2) is 0 Å². The molecule has 1 aromatic heterocycles. The Labute approximate surface area is 117 Å². The van der Waals surface area contributed by atoms with Crippen molar-refractivity contribution < 1.29 is 0 Å². The van der Waals surface area contributed by atoms with E-state index in [1.807, 2.05) is 29.1 Å². The third kappa shape index (κ3) is 3.14. The van der Waals surface area contributed by atoms with Gasteiger partial charge in [-0.1, -0.05) is 24.6 Å². The van der Waals surface area contributed by atoms with Crippen molar-refractivity contribution in [2.75, 3.05) is 0 Å². The van der Waals surface area contributed by atoms with Crippen molar-refractivity contribution in [3.63, 3.8) is 0 Å². The smallest absolute Gasteiger partial charge is 0.101 e. The van der Waals surface area contributed by atoms with Crippen LogP contribution >= 0.6 is 11.6 Å². The van der Waals surface area contributed by atoms with Crippen molar-refractivity contribution in [3.05, 3.63) is 41.0 Å². The fourth-order valence-corrected chi connectivity index (χ4v) is 1.97. The molecule has 0 amide bonds. The van der Waals surface area contributed by atoms with Gasteiger partial charge >= 0.3 is 0 Å². The Morgan fingerprint density at radius 1 is 1.47 bits per heavy atom. The molecule has 1 unspecified atom stereocenters. The highest BCUT2D eigenvalue weighted by Gasteiger charge is 2.07. The fraction of sp³-hybridized carbons (Fsp3) is 0.286. The van der Waals surface area contributed by atoms with Crippen LogP contribution in [-0.2, 0) is 6.54 Å². The summed E-state index contributed by atoms with van der Waals surface area (Å²) in [5.74, 6) is 0. The zero-order valence-corrected chi connectivity index (χ0v) is 11.4. The SMILES string of the molecule is CCC(N)Cn1ccc(-c2ccc(C#N)c(Cl)c2)n1. The van der Waals surface area contributed by atoms with Gasteiger partial charge < -0.3 is 5.73 Å². The first-order valence-electron chi connectivity index (χ1n) is 6.13. The van der Waals surface area contributed by atoms with E-state index in [1.165, 1.54) is 0 Å². The molecule has 19 heavy (non-hydrogen) atoms. The van der Waals surface area contributed by atoms with Gasteiger partial charge in [0.2, 0.25) is 0 Å². The first-order valence-corrected chi connectivity index (χ1v) is 6.51. The summed E-state index contributed by atoms with van der Waals surface area (Å²) < 4.78 is 1.83. The summed E-state index contributed by atoms with van der Waals surface area (Å²) in [6.07, 6.45) is 2.81. The second kappa shape index (κ2) is 5.87. The van der Waals surface area contributed by atoms with Crippen molar-refractivity contribution in [3.8, 4) is 17.3 Å². The lowest BCUT2D eigenvalue weighted by molar-refractivity contribution is 0.501. The van der Waals surface area contributed by atoms with E-state index in [0.29, 0.717) is 17.1 Å². The van der Waals surface area contributed by atoms with E-state index in [1.54, 1.807) is 12.1 Å². The van der Waals surface area contributed by atoms with Gasteiger partial charge in [0.1, 0.15) is 6.07 Å². The quantitative estimate of drug-likeness (QED) is 0.932. The van der Waals surface area contributed by atoms with Crippen LogP contribution in [0.15, 0.2) is 30.5 Å². The van der Waals surface area contributed by atoms with E-state index in [2.05, 4.69) is 12.0 Å². The Morgan fingerprint density at radius 2 is 2.26 bits per heavy atom. The molecule has 4 nitrogen and oxygen atoms in total. The molecular formula is C14H15ClN4. The molecule has 0 aliphatic heterocycles. The molecule has 0 spiro atoms. The lowest BCUT2D eigenvalue weighted by atomic mass is 10.1. The van der Waals surface area contributed by atoms with E-state index >= 15 is 0 Å². The normalized spacial score (nSPS) is 12.1. The Kier molecular flexibility index (Phi) is 4.20. The molecule has 0 bridgehead atoms. The molecule has 2 rings (SSSR count). The third-order valence-electron chi connectivity index (χ3n) is 2.97. The van der Waals surface area contributed by atoms with Crippen LogP contribution in [0.2, 0.25) is 5.02 Å². The van der Waals surface area contributed by atoms with Crippen LogP contribution in [0.25, 0.3) is 11.3 Å². The predicted molar refractivity (Wildman–Crippen MR) is 75.7 cm³/mol. The zero-order chi connectivity index (χ0) is 13.8. The van der Waals surface area contributed by atoms with E-state index in [4.69, 9.17) is 22.6 Å². The molecule has 1 aromatic carbocycles. The predicted octanol–water partition coefficient (Wildman–Crippen LogP) is 2.81. The summed E-state index contributed by atoms with van der Waals surface area (Å²) in [5, 5.41) is 13.7. The molecule has 2 aromatic rings. The minimum atomic E-state index is 0.109. The summed E-state index contributed by atoms with van der Waals surface area (Å²) in [6, 6.07) is 9.37. The number of benzene rings is 1. The summed E-state index contributed by atoms with van der Waals surface area (Å²) in [7, 11) is 0. The van der Waals surface area contributed by atoms with E-state index in [-0.39, 0.29) is 6.04 Å². The largest absolute Gasteiger partial charge is 0.326 e. The number of halogens is 1.